The van der Waals surface area contributed by atoms with Gasteiger partial charge < -0.3 is 9.64 Å². The van der Waals surface area contributed by atoms with E-state index in [4.69, 9.17) is 4.74 Å². The molecule has 146 valence electrons. The first-order chi connectivity index (χ1) is 12.2. The van der Waals surface area contributed by atoms with Gasteiger partial charge in [-0.15, -0.1) is 0 Å². The number of likely N-dealkylation sites (tertiary alicyclic amines) is 1. The third-order valence-corrected chi connectivity index (χ3v) is 9.08. The lowest BCUT2D eigenvalue weighted by molar-refractivity contribution is -0.168. The zero-order valence-corrected chi connectivity index (χ0v) is 17.1. The van der Waals surface area contributed by atoms with Crippen LogP contribution in [0.15, 0.2) is 0 Å². The summed E-state index contributed by atoms with van der Waals surface area (Å²) in [6.45, 7) is 8.67. The van der Waals surface area contributed by atoms with Crippen LogP contribution in [0.2, 0.25) is 0 Å². The minimum Gasteiger partial charge on any atom is -0.462 e. The first kappa shape index (κ1) is 18.3. The second kappa shape index (κ2) is 5.97. The summed E-state index contributed by atoms with van der Waals surface area (Å²) in [5.74, 6) is 2.73. The van der Waals surface area contributed by atoms with Gasteiger partial charge in [-0.25, -0.2) is 0 Å². The summed E-state index contributed by atoms with van der Waals surface area (Å²) in [4.78, 5) is 26.0. The molecule has 0 aromatic heterocycles. The molecular formula is C22H35NO3. The molecule has 1 amide bonds. The standard InChI is InChI=1S/C22H35NO3/c1-13-12-17-15-6-7-18-21(3,11-9-19(25)23(18)5)16(15)8-10-22(17,4)20(13)26-14(2)24/h13,15-18,20H,6-12H2,1-5H3/t13?,15-,16-,17+,18?,20?,21-,22+/m1/s1. The van der Waals surface area contributed by atoms with Crippen molar-refractivity contribution < 1.29 is 14.3 Å². The van der Waals surface area contributed by atoms with Crippen molar-refractivity contribution in [3.8, 4) is 0 Å². The number of hydrogen-bond acceptors (Lipinski definition) is 3. The van der Waals surface area contributed by atoms with E-state index < -0.39 is 0 Å². The highest BCUT2D eigenvalue weighted by Gasteiger charge is 2.63. The Morgan fingerprint density at radius 3 is 2.54 bits per heavy atom. The fourth-order valence-electron chi connectivity index (χ4n) is 7.90. The van der Waals surface area contributed by atoms with Crippen molar-refractivity contribution in [2.24, 2.45) is 34.5 Å². The molecule has 8 atom stereocenters. The van der Waals surface area contributed by atoms with Gasteiger partial charge in [0.05, 0.1) is 0 Å². The van der Waals surface area contributed by atoms with Crippen LogP contribution in [-0.4, -0.2) is 36.0 Å². The van der Waals surface area contributed by atoms with Crippen molar-refractivity contribution in [1.82, 2.24) is 4.90 Å². The molecule has 4 nitrogen and oxygen atoms in total. The van der Waals surface area contributed by atoms with Crippen LogP contribution in [0.3, 0.4) is 0 Å². The van der Waals surface area contributed by atoms with Gasteiger partial charge in [-0.05, 0) is 67.6 Å². The van der Waals surface area contributed by atoms with E-state index in [1.807, 2.05) is 7.05 Å². The number of piperidine rings is 1. The smallest absolute Gasteiger partial charge is 0.302 e. The van der Waals surface area contributed by atoms with Gasteiger partial charge in [-0.3, -0.25) is 9.59 Å². The summed E-state index contributed by atoms with van der Waals surface area (Å²) in [6, 6.07) is 0.414. The van der Waals surface area contributed by atoms with E-state index >= 15 is 0 Å². The van der Waals surface area contributed by atoms with Gasteiger partial charge in [0, 0.05) is 31.8 Å². The summed E-state index contributed by atoms with van der Waals surface area (Å²) in [5.41, 5.74) is 0.390. The van der Waals surface area contributed by atoms with Crippen molar-refractivity contribution in [2.45, 2.75) is 84.8 Å². The fourth-order valence-corrected chi connectivity index (χ4v) is 7.90. The van der Waals surface area contributed by atoms with Crippen LogP contribution in [0.4, 0.5) is 0 Å². The van der Waals surface area contributed by atoms with E-state index in [9.17, 15) is 9.59 Å². The zero-order chi connectivity index (χ0) is 18.9. The summed E-state index contributed by atoms with van der Waals surface area (Å²) in [5, 5.41) is 0. The second-order valence-corrected chi connectivity index (χ2v) is 10.3. The number of esters is 1. The van der Waals surface area contributed by atoms with Crippen molar-refractivity contribution in [3.05, 3.63) is 0 Å². The number of carbonyl (C=O) groups is 2. The van der Waals surface area contributed by atoms with Crippen LogP contribution >= 0.6 is 0 Å². The lowest BCUT2D eigenvalue weighted by atomic mass is 9.47. The maximum absolute atomic E-state index is 12.3. The molecule has 0 aromatic rings. The number of nitrogens with zero attached hydrogens (tertiary/aromatic N) is 1. The molecule has 3 aliphatic carbocycles. The highest BCUT2D eigenvalue weighted by Crippen LogP contribution is 2.66. The van der Waals surface area contributed by atoms with E-state index in [1.54, 1.807) is 6.92 Å². The molecule has 0 aromatic carbocycles. The minimum absolute atomic E-state index is 0.0760. The van der Waals surface area contributed by atoms with Crippen LogP contribution < -0.4 is 0 Å². The number of carbonyl (C=O) groups excluding carboxylic acids is 2. The van der Waals surface area contributed by atoms with Crippen LogP contribution in [0.1, 0.15) is 72.6 Å². The Bertz CT molecular complexity index is 619. The number of rotatable bonds is 1. The van der Waals surface area contributed by atoms with Crippen molar-refractivity contribution in [2.75, 3.05) is 7.05 Å². The monoisotopic (exact) mass is 361 g/mol. The van der Waals surface area contributed by atoms with Gasteiger partial charge in [0.25, 0.3) is 0 Å². The normalized spacial score (nSPS) is 50.7. The fraction of sp³-hybridized carbons (Fsp3) is 0.909. The molecule has 4 fully saturated rings. The Kier molecular flexibility index (Phi) is 4.20. The Morgan fingerprint density at radius 1 is 1.12 bits per heavy atom. The Balaban J connectivity index is 1.63. The van der Waals surface area contributed by atoms with Crippen molar-refractivity contribution in [3.63, 3.8) is 0 Å². The largest absolute Gasteiger partial charge is 0.462 e. The number of hydrogen-bond donors (Lipinski definition) is 0. The van der Waals surface area contributed by atoms with E-state index in [0.29, 0.717) is 36.1 Å². The van der Waals surface area contributed by atoms with Gasteiger partial charge >= 0.3 is 5.97 Å². The zero-order valence-electron chi connectivity index (χ0n) is 17.1. The molecule has 0 N–H and O–H groups in total. The van der Waals surface area contributed by atoms with Gasteiger partial charge in [0.1, 0.15) is 6.10 Å². The first-order valence-corrected chi connectivity index (χ1v) is 10.6. The van der Waals surface area contributed by atoms with Gasteiger partial charge in [0.15, 0.2) is 0 Å². The topological polar surface area (TPSA) is 46.6 Å². The van der Waals surface area contributed by atoms with Crippen molar-refractivity contribution >= 4 is 11.9 Å². The predicted octanol–water partition coefficient (Wildman–Crippen LogP) is 4.03. The number of fused-ring (bicyclic) bond motifs is 5. The van der Waals surface area contributed by atoms with Crippen LogP contribution in [0.25, 0.3) is 0 Å². The van der Waals surface area contributed by atoms with E-state index in [0.717, 1.165) is 25.2 Å². The number of ether oxygens (including phenoxy) is 1. The molecule has 3 unspecified atom stereocenters. The SMILES string of the molecule is CC(=O)OC1C(C)C[C@H]2[C@@H]3CCC4N(C)C(=O)CC[C@]4(C)[C@@H]3CC[C@]12C. The predicted molar refractivity (Wildman–Crippen MR) is 100 cm³/mol. The van der Waals surface area contributed by atoms with Gasteiger partial charge in [-0.2, -0.15) is 0 Å². The molecule has 1 aliphatic heterocycles. The highest BCUT2D eigenvalue weighted by atomic mass is 16.5. The Hall–Kier alpha value is -1.06. The van der Waals surface area contributed by atoms with Crippen molar-refractivity contribution in [1.29, 1.82) is 0 Å². The van der Waals surface area contributed by atoms with E-state index in [1.165, 1.54) is 19.3 Å². The maximum atomic E-state index is 12.3. The molecule has 1 saturated heterocycles. The third kappa shape index (κ3) is 2.39. The average Bonchev–Trinajstić information content (AvgIpc) is 2.82. The molecule has 0 bridgehead atoms. The lowest BCUT2D eigenvalue weighted by Crippen LogP contribution is -2.61. The Morgan fingerprint density at radius 2 is 1.85 bits per heavy atom. The minimum atomic E-state index is -0.131. The first-order valence-electron chi connectivity index (χ1n) is 10.6. The second-order valence-electron chi connectivity index (χ2n) is 10.3. The van der Waals surface area contributed by atoms with Crippen LogP contribution in [-0.2, 0) is 14.3 Å². The van der Waals surface area contributed by atoms with Gasteiger partial charge in [0.2, 0.25) is 5.91 Å². The number of amides is 1. The molecule has 4 aliphatic rings. The average molecular weight is 362 g/mol. The molecule has 4 rings (SSSR count). The highest BCUT2D eigenvalue weighted by molar-refractivity contribution is 5.77. The molecular weight excluding hydrogens is 326 g/mol. The molecule has 0 spiro atoms. The van der Waals surface area contributed by atoms with E-state index in [2.05, 4.69) is 25.7 Å². The molecule has 26 heavy (non-hydrogen) atoms. The summed E-state index contributed by atoms with van der Waals surface area (Å²) < 4.78 is 5.85. The maximum Gasteiger partial charge on any atom is 0.302 e. The van der Waals surface area contributed by atoms with Crippen LogP contribution in [0, 0.1) is 34.5 Å². The third-order valence-electron chi connectivity index (χ3n) is 9.08. The van der Waals surface area contributed by atoms with E-state index in [-0.39, 0.29) is 22.9 Å². The molecule has 4 heteroatoms. The molecule has 1 heterocycles. The molecule has 0 radical (unpaired) electrons. The summed E-state index contributed by atoms with van der Waals surface area (Å²) in [7, 11) is 2.02. The Labute approximate surface area is 158 Å². The molecule has 3 saturated carbocycles. The van der Waals surface area contributed by atoms with Gasteiger partial charge in [-0.1, -0.05) is 20.8 Å². The quantitative estimate of drug-likeness (QED) is 0.663. The van der Waals surface area contributed by atoms with Crippen LogP contribution in [0.5, 0.6) is 0 Å². The summed E-state index contributed by atoms with van der Waals surface area (Å²) >= 11 is 0. The summed E-state index contributed by atoms with van der Waals surface area (Å²) in [6.07, 6.45) is 7.76. The lowest BCUT2D eigenvalue weighted by Gasteiger charge is -2.61.